The average Bonchev–Trinajstić information content (AvgIpc) is 3.28. The number of aromatic nitrogens is 1. The second-order valence-corrected chi connectivity index (χ2v) is 8.00. The maximum Gasteiger partial charge on any atom is 0.134 e. The molecule has 0 spiro atoms. The van der Waals surface area contributed by atoms with E-state index < -0.39 is 0 Å². The standard InChI is InChI=1S/C26H21N3S/c1-29(2)24-14-8-19(9-15-24)16-23(17-27)26-28-25(18-30-26)22-12-10-21(11-13-22)20-6-4-3-5-7-20/h3-16,18H,1-2H3/b23-16-. The molecule has 0 amide bonds. The summed E-state index contributed by atoms with van der Waals surface area (Å²) in [7, 11) is 4.02. The predicted octanol–water partition coefficient (Wildman–Crippen LogP) is 6.61. The molecule has 4 heteroatoms. The molecule has 1 heterocycles. The SMILES string of the molecule is CN(C)c1ccc(/C=C(/C#N)c2nc(-c3ccc(-c4ccccc4)cc3)cs2)cc1. The van der Waals surface area contributed by atoms with Crippen molar-refractivity contribution in [1.29, 1.82) is 5.26 Å². The van der Waals surface area contributed by atoms with Gasteiger partial charge < -0.3 is 4.90 Å². The Kier molecular flexibility index (Phi) is 5.74. The second kappa shape index (κ2) is 8.77. The van der Waals surface area contributed by atoms with Gasteiger partial charge in [0.1, 0.15) is 11.1 Å². The molecule has 1 aromatic heterocycles. The van der Waals surface area contributed by atoms with E-state index in [1.807, 2.05) is 68.0 Å². The first-order valence-corrected chi connectivity index (χ1v) is 10.5. The highest BCUT2D eigenvalue weighted by atomic mass is 32.1. The number of hydrogen-bond acceptors (Lipinski definition) is 4. The van der Waals surface area contributed by atoms with E-state index in [9.17, 15) is 5.26 Å². The van der Waals surface area contributed by atoms with Crippen LogP contribution < -0.4 is 4.90 Å². The van der Waals surface area contributed by atoms with Crippen molar-refractivity contribution in [3.63, 3.8) is 0 Å². The quantitative estimate of drug-likeness (QED) is 0.350. The van der Waals surface area contributed by atoms with Gasteiger partial charge in [-0.3, -0.25) is 0 Å². The highest BCUT2D eigenvalue weighted by Crippen LogP contribution is 2.29. The van der Waals surface area contributed by atoms with Crippen LogP contribution in [0, 0.1) is 11.3 Å². The number of thiazole rings is 1. The molecule has 0 fully saturated rings. The number of anilines is 1. The van der Waals surface area contributed by atoms with Crippen LogP contribution in [0.2, 0.25) is 0 Å². The van der Waals surface area contributed by atoms with Crippen LogP contribution in [0.1, 0.15) is 10.6 Å². The Labute approximate surface area is 181 Å². The van der Waals surface area contributed by atoms with Crippen molar-refractivity contribution in [2.45, 2.75) is 0 Å². The van der Waals surface area contributed by atoms with Crippen LogP contribution in [0.25, 0.3) is 34.0 Å². The average molecular weight is 408 g/mol. The predicted molar refractivity (Wildman–Crippen MR) is 127 cm³/mol. The third-order valence-electron chi connectivity index (χ3n) is 4.86. The van der Waals surface area contributed by atoms with Gasteiger partial charge in [0.15, 0.2) is 0 Å². The molecule has 3 aromatic carbocycles. The fraction of sp³-hybridized carbons (Fsp3) is 0.0769. The van der Waals surface area contributed by atoms with E-state index in [1.165, 1.54) is 22.5 Å². The molecule has 30 heavy (non-hydrogen) atoms. The summed E-state index contributed by atoms with van der Waals surface area (Å²) < 4.78 is 0. The zero-order chi connectivity index (χ0) is 20.9. The summed E-state index contributed by atoms with van der Waals surface area (Å²) in [5, 5.41) is 12.4. The largest absolute Gasteiger partial charge is 0.378 e. The highest BCUT2D eigenvalue weighted by Gasteiger charge is 2.10. The molecule has 0 saturated carbocycles. The van der Waals surface area contributed by atoms with E-state index in [0.717, 1.165) is 27.5 Å². The van der Waals surface area contributed by atoms with Crippen molar-refractivity contribution in [3.05, 3.63) is 94.8 Å². The number of rotatable bonds is 5. The van der Waals surface area contributed by atoms with Crippen LogP contribution in [0.5, 0.6) is 0 Å². The van der Waals surface area contributed by atoms with Gasteiger partial charge in [0.25, 0.3) is 0 Å². The zero-order valence-corrected chi connectivity index (χ0v) is 17.7. The van der Waals surface area contributed by atoms with Gasteiger partial charge in [0, 0.05) is 30.7 Å². The van der Waals surface area contributed by atoms with Gasteiger partial charge in [-0.1, -0.05) is 66.7 Å². The Bertz CT molecular complexity index is 1200. The lowest BCUT2D eigenvalue weighted by Gasteiger charge is -2.11. The summed E-state index contributed by atoms with van der Waals surface area (Å²) in [6.45, 7) is 0. The number of hydrogen-bond donors (Lipinski definition) is 0. The third-order valence-corrected chi connectivity index (χ3v) is 5.74. The Hall–Kier alpha value is -3.68. The molecule has 4 rings (SSSR count). The van der Waals surface area contributed by atoms with Gasteiger partial charge in [-0.15, -0.1) is 11.3 Å². The highest BCUT2D eigenvalue weighted by molar-refractivity contribution is 7.11. The molecule has 0 radical (unpaired) electrons. The first-order chi connectivity index (χ1) is 14.6. The second-order valence-electron chi connectivity index (χ2n) is 7.14. The minimum Gasteiger partial charge on any atom is -0.378 e. The van der Waals surface area contributed by atoms with Gasteiger partial charge in [-0.05, 0) is 34.9 Å². The zero-order valence-electron chi connectivity index (χ0n) is 16.9. The molecule has 0 atom stereocenters. The van der Waals surface area contributed by atoms with Crippen molar-refractivity contribution in [2.75, 3.05) is 19.0 Å². The summed E-state index contributed by atoms with van der Waals surface area (Å²) in [5.41, 5.74) is 6.99. The van der Waals surface area contributed by atoms with E-state index in [1.54, 1.807) is 0 Å². The van der Waals surface area contributed by atoms with Crippen molar-refractivity contribution < 1.29 is 0 Å². The summed E-state index contributed by atoms with van der Waals surface area (Å²) in [6.07, 6.45) is 1.89. The maximum atomic E-state index is 9.67. The van der Waals surface area contributed by atoms with Crippen molar-refractivity contribution in [2.24, 2.45) is 0 Å². The lowest BCUT2D eigenvalue weighted by molar-refractivity contribution is 1.13. The van der Waals surface area contributed by atoms with Crippen molar-refractivity contribution in [1.82, 2.24) is 4.98 Å². The normalized spacial score (nSPS) is 11.2. The van der Waals surface area contributed by atoms with E-state index in [0.29, 0.717) is 5.57 Å². The third kappa shape index (κ3) is 4.32. The van der Waals surface area contributed by atoms with Gasteiger partial charge in [-0.25, -0.2) is 4.98 Å². The van der Waals surface area contributed by atoms with E-state index >= 15 is 0 Å². The topological polar surface area (TPSA) is 39.9 Å². The molecule has 4 aromatic rings. The van der Waals surface area contributed by atoms with Crippen molar-refractivity contribution in [3.8, 4) is 28.5 Å². The number of nitriles is 1. The van der Waals surface area contributed by atoms with Crippen LogP contribution in [-0.4, -0.2) is 19.1 Å². The fourth-order valence-corrected chi connectivity index (χ4v) is 3.97. The first-order valence-electron chi connectivity index (χ1n) is 9.65. The van der Waals surface area contributed by atoms with E-state index in [-0.39, 0.29) is 0 Å². The molecular formula is C26H21N3S. The fourth-order valence-electron chi connectivity index (χ4n) is 3.17. The smallest absolute Gasteiger partial charge is 0.134 e. The maximum absolute atomic E-state index is 9.67. The Morgan fingerprint density at radius 3 is 2.13 bits per heavy atom. The van der Waals surface area contributed by atoms with Gasteiger partial charge >= 0.3 is 0 Å². The van der Waals surface area contributed by atoms with Crippen molar-refractivity contribution >= 4 is 28.7 Å². The molecule has 146 valence electrons. The molecule has 0 aliphatic rings. The molecule has 0 unspecified atom stereocenters. The van der Waals surface area contributed by atoms with Crippen LogP contribution >= 0.6 is 11.3 Å². The number of allylic oxidation sites excluding steroid dienone is 1. The van der Waals surface area contributed by atoms with Crippen LogP contribution in [0.3, 0.4) is 0 Å². The van der Waals surface area contributed by atoms with Gasteiger partial charge in [-0.2, -0.15) is 5.26 Å². The summed E-state index contributed by atoms with van der Waals surface area (Å²) in [5.74, 6) is 0. The Balaban J connectivity index is 1.57. The summed E-state index contributed by atoms with van der Waals surface area (Å²) >= 11 is 1.49. The molecule has 0 N–H and O–H groups in total. The van der Waals surface area contributed by atoms with Gasteiger partial charge in [0.05, 0.1) is 11.3 Å². The monoisotopic (exact) mass is 407 g/mol. The molecule has 0 aliphatic carbocycles. The van der Waals surface area contributed by atoms with E-state index in [2.05, 4.69) is 47.4 Å². The van der Waals surface area contributed by atoms with Crippen LogP contribution in [0.15, 0.2) is 84.2 Å². The first kappa shape index (κ1) is 19.6. The number of benzene rings is 3. The minimum atomic E-state index is 0.574. The van der Waals surface area contributed by atoms with E-state index in [4.69, 9.17) is 4.98 Å². The molecule has 0 aliphatic heterocycles. The molecule has 3 nitrogen and oxygen atoms in total. The number of nitrogens with zero attached hydrogens (tertiary/aromatic N) is 3. The molecule has 0 bridgehead atoms. The Morgan fingerprint density at radius 1 is 0.867 bits per heavy atom. The molecule has 0 saturated heterocycles. The lowest BCUT2D eigenvalue weighted by atomic mass is 10.0. The Morgan fingerprint density at radius 2 is 1.50 bits per heavy atom. The van der Waals surface area contributed by atoms with Crippen LogP contribution in [0.4, 0.5) is 5.69 Å². The minimum absolute atomic E-state index is 0.574. The van der Waals surface area contributed by atoms with Gasteiger partial charge in [0.2, 0.25) is 0 Å². The summed E-state index contributed by atoms with van der Waals surface area (Å²) in [4.78, 5) is 6.77. The summed E-state index contributed by atoms with van der Waals surface area (Å²) in [6, 6.07) is 29.1. The van der Waals surface area contributed by atoms with Crippen LogP contribution in [-0.2, 0) is 0 Å². The molecular weight excluding hydrogens is 386 g/mol. The lowest BCUT2D eigenvalue weighted by Crippen LogP contribution is -2.07.